The van der Waals surface area contributed by atoms with E-state index in [4.69, 9.17) is 0 Å². The Kier molecular flexibility index (Phi) is 5.16. The van der Waals surface area contributed by atoms with Crippen molar-refractivity contribution in [2.75, 3.05) is 18.4 Å². The van der Waals surface area contributed by atoms with Gasteiger partial charge in [0.25, 0.3) is 0 Å². The van der Waals surface area contributed by atoms with Crippen LogP contribution in [0.4, 0.5) is 5.82 Å². The van der Waals surface area contributed by atoms with Gasteiger partial charge in [0, 0.05) is 29.4 Å². The van der Waals surface area contributed by atoms with Crippen molar-refractivity contribution in [1.82, 2.24) is 25.1 Å². The highest BCUT2D eigenvalue weighted by Gasteiger charge is 2.18. The van der Waals surface area contributed by atoms with Gasteiger partial charge in [-0.25, -0.2) is 14.6 Å². The molecule has 1 fully saturated rings. The van der Waals surface area contributed by atoms with E-state index in [2.05, 4.69) is 44.9 Å². The number of aryl methyl sites for hydroxylation is 1. The van der Waals surface area contributed by atoms with E-state index in [1.807, 2.05) is 48.1 Å². The highest BCUT2D eigenvalue weighted by molar-refractivity contribution is 5.40. The van der Waals surface area contributed by atoms with Crippen LogP contribution in [0.3, 0.4) is 0 Å². The third kappa shape index (κ3) is 4.17. The summed E-state index contributed by atoms with van der Waals surface area (Å²) in [5.74, 6) is 2.22. The van der Waals surface area contributed by atoms with E-state index in [0.717, 1.165) is 54.5 Å². The number of nitrogens with zero attached hydrogens (tertiary/aromatic N) is 4. The van der Waals surface area contributed by atoms with Gasteiger partial charge in [-0.15, -0.1) is 0 Å². The summed E-state index contributed by atoms with van der Waals surface area (Å²) in [4.78, 5) is 9.28. The summed E-state index contributed by atoms with van der Waals surface area (Å²) in [5, 5.41) is 11.4. The van der Waals surface area contributed by atoms with E-state index in [9.17, 15) is 0 Å². The molecule has 0 saturated carbocycles. The normalized spacial score (nSPS) is 16.2. The number of hydrogen-bond donors (Lipinski definition) is 2. The van der Waals surface area contributed by atoms with Crippen LogP contribution in [0.25, 0.3) is 5.69 Å². The Bertz CT molecular complexity index is 883. The highest BCUT2D eigenvalue weighted by Crippen LogP contribution is 2.26. The van der Waals surface area contributed by atoms with Crippen molar-refractivity contribution >= 4 is 5.82 Å². The number of nitrogens with one attached hydrogen (secondary N) is 2. The molecule has 0 radical (unpaired) electrons. The van der Waals surface area contributed by atoms with Gasteiger partial charge in [-0.1, -0.05) is 18.2 Å². The molecule has 1 atom stereocenters. The zero-order chi connectivity index (χ0) is 18.6. The van der Waals surface area contributed by atoms with Gasteiger partial charge >= 0.3 is 0 Å². The second kappa shape index (κ2) is 7.88. The Balaban J connectivity index is 1.50. The van der Waals surface area contributed by atoms with Crippen LogP contribution >= 0.6 is 0 Å². The molecule has 27 heavy (non-hydrogen) atoms. The fourth-order valence-electron chi connectivity index (χ4n) is 3.58. The third-order valence-electron chi connectivity index (χ3n) is 5.10. The summed E-state index contributed by atoms with van der Waals surface area (Å²) >= 11 is 0. The van der Waals surface area contributed by atoms with Crippen LogP contribution in [0, 0.1) is 6.92 Å². The number of aromatic nitrogens is 4. The number of benzene rings is 1. The molecule has 6 nitrogen and oxygen atoms in total. The summed E-state index contributed by atoms with van der Waals surface area (Å²) in [7, 11) is 0. The Morgan fingerprint density at radius 3 is 2.70 bits per heavy atom. The predicted octanol–water partition coefficient (Wildman–Crippen LogP) is 3.61. The first-order valence-electron chi connectivity index (χ1n) is 9.62. The molecule has 3 aromatic rings. The molecule has 1 saturated heterocycles. The minimum absolute atomic E-state index is 0.109. The van der Waals surface area contributed by atoms with Crippen molar-refractivity contribution in [3.8, 4) is 5.69 Å². The largest absolute Gasteiger partial charge is 0.363 e. The Hall–Kier alpha value is -2.73. The molecule has 1 aliphatic heterocycles. The standard InChI is InChI=1S/C21H26N6/c1-15(18-13-23-27(14-18)19-6-4-3-5-7-19)24-21-12-20(25-16(2)26-21)17-8-10-22-11-9-17/h3-7,12-15,17,22H,8-11H2,1-2H3,(H,24,25,26). The average molecular weight is 362 g/mol. The molecule has 2 aromatic heterocycles. The summed E-state index contributed by atoms with van der Waals surface area (Å²) in [5.41, 5.74) is 3.33. The number of anilines is 1. The van der Waals surface area contributed by atoms with Crippen LogP contribution in [0.5, 0.6) is 0 Å². The van der Waals surface area contributed by atoms with E-state index in [1.54, 1.807) is 0 Å². The van der Waals surface area contributed by atoms with Gasteiger partial charge in [-0.2, -0.15) is 5.10 Å². The maximum atomic E-state index is 4.69. The molecule has 0 aliphatic carbocycles. The number of para-hydroxylation sites is 1. The molecule has 1 unspecified atom stereocenters. The van der Waals surface area contributed by atoms with Crippen molar-refractivity contribution in [1.29, 1.82) is 0 Å². The van der Waals surface area contributed by atoms with Crippen LogP contribution in [-0.2, 0) is 0 Å². The van der Waals surface area contributed by atoms with Crippen molar-refractivity contribution in [2.45, 2.75) is 38.6 Å². The summed E-state index contributed by atoms with van der Waals surface area (Å²) in [6, 6.07) is 12.4. The van der Waals surface area contributed by atoms with Crippen molar-refractivity contribution in [2.24, 2.45) is 0 Å². The minimum Gasteiger partial charge on any atom is -0.363 e. The summed E-state index contributed by atoms with van der Waals surface area (Å²) in [6.45, 7) is 6.22. The number of piperidine rings is 1. The van der Waals surface area contributed by atoms with Gasteiger partial charge in [-0.05, 0) is 51.9 Å². The highest BCUT2D eigenvalue weighted by atomic mass is 15.3. The van der Waals surface area contributed by atoms with Crippen LogP contribution < -0.4 is 10.6 Å². The molecular formula is C21H26N6. The Morgan fingerprint density at radius 1 is 1.15 bits per heavy atom. The van der Waals surface area contributed by atoms with Gasteiger partial charge < -0.3 is 10.6 Å². The Morgan fingerprint density at radius 2 is 1.93 bits per heavy atom. The molecule has 0 bridgehead atoms. The van der Waals surface area contributed by atoms with E-state index in [1.165, 1.54) is 0 Å². The fourth-order valence-corrected chi connectivity index (χ4v) is 3.58. The lowest BCUT2D eigenvalue weighted by Crippen LogP contribution is -2.27. The molecule has 3 heterocycles. The van der Waals surface area contributed by atoms with Gasteiger partial charge in [0.15, 0.2) is 0 Å². The van der Waals surface area contributed by atoms with Crippen LogP contribution in [0.1, 0.15) is 48.8 Å². The van der Waals surface area contributed by atoms with E-state index in [0.29, 0.717) is 5.92 Å². The SMILES string of the molecule is Cc1nc(NC(C)c2cnn(-c3ccccc3)c2)cc(C2CCNCC2)n1. The maximum Gasteiger partial charge on any atom is 0.130 e. The Labute approximate surface area is 160 Å². The van der Waals surface area contributed by atoms with E-state index in [-0.39, 0.29) is 6.04 Å². The lowest BCUT2D eigenvalue weighted by atomic mass is 9.94. The molecule has 1 aromatic carbocycles. The van der Waals surface area contributed by atoms with Crippen LogP contribution in [0.2, 0.25) is 0 Å². The smallest absolute Gasteiger partial charge is 0.130 e. The second-order valence-electron chi connectivity index (χ2n) is 7.17. The van der Waals surface area contributed by atoms with Gasteiger partial charge in [0.05, 0.1) is 17.9 Å². The monoisotopic (exact) mass is 362 g/mol. The average Bonchev–Trinajstić information content (AvgIpc) is 3.19. The zero-order valence-corrected chi connectivity index (χ0v) is 15.9. The first kappa shape index (κ1) is 17.7. The quantitative estimate of drug-likeness (QED) is 0.726. The van der Waals surface area contributed by atoms with E-state index < -0.39 is 0 Å². The van der Waals surface area contributed by atoms with Crippen LogP contribution in [0.15, 0.2) is 48.8 Å². The molecule has 0 spiro atoms. The predicted molar refractivity (Wildman–Crippen MR) is 107 cm³/mol. The molecule has 1 aliphatic rings. The third-order valence-corrected chi connectivity index (χ3v) is 5.10. The second-order valence-corrected chi connectivity index (χ2v) is 7.17. The van der Waals surface area contributed by atoms with Crippen molar-refractivity contribution < 1.29 is 0 Å². The van der Waals surface area contributed by atoms with Gasteiger partial charge in [0.1, 0.15) is 11.6 Å². The molecule has 140 valence electrons. The molecule has 2 N–H and O–H groups in total. The molecule has 0 amide bonds. The number of hydrogen-bond acceptors (Lipinski definition) is 5. The maximum absolute atomic E-state index is 4.69. The summed E-state index contributed by atoms with van der Waals surface area (Å²) < 4.78 is 1.90. The summed E-state index contributed by atoms with van der Waals surface area (Å²) in [6.07, 6.45) is 6.24. The molecular weight excluding hydrogens is 336 g/mol. The zero-order valence-electron chi connectivity index (χ0n) is 15.9. The first-order chi connectivity index (χ1) is 13.2. The first-order valence-corrected chi connectivity index (χ1v) is 9.62. The number of rotatable bonds is 5. The molecule has 6 heteroatoms. The van der Waals surface area contributed by atoms with Gasteiger partial charge in [0.2, 0.25) is 0 Å². The van der Waals surface area contributed by atoms with Crippen molar-refractivity contribution in [3.05, 3.63) is 65.9 Å². The van der Waals surface area contributed by atoms with Crippen molar-refractivity contribution in [3.63, 3.8) is 0 Å². The molecule has 4 rings (SSSR count). The minimum atomic E-state index is 0.109. The fraction of sp³-hybridized carbons (Fsp3) is 0.381. The van der Waals surface area contributed by atoms with Gasteiger partial charge in [-0.3, -0.25) is 0 Å². The topological polar surface area (TPSA) is 67.7 Å². The van der Waals surface area contributed by atoms with E-state index >= 15 is 0 Å². The lowest BCUT2D eigenvalue weighted by Gasteiger charge is -2.23. The van der Waals surface area contributed by atoms with Crippen LogP contribution in [-0.4, -0.2) is 32.8 Å². The lowest BCUT2D eigenvalue weighted by molar-refractivity contribution is 0.452.